The minimum atomic E-state index is -1.12. The molecule has 1 aromatic rings. The van der Waals surface area contributed by atoms with Gasteiger partial charge in [-0.05, 0) is 51.5 Å². The van der Waals surface area contributed by atoms with Crippen LogP contribution in [0.4, 0.5) is 10.5 Å². The van der Waals surface area contributed by atoms with Crippen molar-refractivity contribution >= 4 is 35.3 Å². The van der Waals surface area contributed by atoms with Crippen LogP contribution in [-0.2, 0) is 20.7 Å². The van der Waals surface area contributed by atoms with E-state index in [4.69, 9.17) is 16.3 Å². The Labute approximate surface area is 150 Å². The van der Waals surface area contributed by atoms with E-state index < -0.39 is 35.7 Å². The zero-order chi connectivity index (χ0) is 18.9. The van der Waals surface area contributed by atoms with Gasteiger partial charge in [0.1, 0.15) is 17.7 Å². The number of nitrogens with zero attached hydrogens (tertiary/aromatic N) is 1. The number of rotatable bonds is 3. The zero-order valence-corrected chi connectivity index (χ0v) is 15.3. The quantitative estimate of drug-likeness (QED) is 0.854. The predicted octanol–water partition coefficient (Wildman–Crippen LogP) is 2.60. The number of carbonyl (C=O) groups excluding carboxylic acids is 2. The van der Waals surface area contributed by atoms with Crippen LogP contribution in [0.25, 0.3) is 0 Å². The van der Waals surface area contributed by atoms with Gasteiger partial charge in [-0.25, -0.2) is 9.59 Å². The fraction of sp³-hybridized carbons (Fsp3) is 0.471. The highest BCUT2D eigenvalue weighted by Crippen LogP contribution is 2.34. The summed E-state index contributed by atoms with van der Waals surface area (Å²) < 4.78 is 5.13. The second kappa shape index (κ2) is 6.92. The molecule has 1 aromatic carbocycles. The number of aliphatic carboxylic acids is 1. The first kappa shape index (κ1) is 19.1. The summed E-state index contributed by atoms with van der Waals surface area (Å²) in [7, 11) is 0. The molecular formula is C17H21ClN2O5. The molecule has 0 saturated carbocycles. The van der Waals surface area contributed by atoms with Gasteiger partial charge in [-0.1, -0.05) is 11.6 Å². The summed E-state index contributed by atoms with van der Waals surface area (Å²) >= 11 is 5.95. The lowest BCUT2D eigenvalue weighted by Gasteiger charge is -2.27. The molecule has 0 spiro atoms. The second-order valence-electron chi connectivity index (χ2n) is 6.91. The number of benzene rings is 1. The molecule has 0 bridgehead atoms. The minimum absolute atomic E-state index is 0.163. The maximum Gasteiger partial charge on any atom is 0.408 e. The zero-order valence-electron chi connectivity index (χ0n) is 14.5. The highest BCUT2D eigenvalue weighted by Gasteiger charge is 2.40. The van der Waals surface area contributed by atoms with Crippen molar-refractivity contribution in [1.29, 1.82) is 0 Å². The van der Waals surface area contributed by atoms with Gasteiger partial charge in [0.2, 0.25) is 5.91 Å². The smallest absolute Gasteiger partial charge is 0.408 e. The number of halogens is 1. The Kier molecular flexibility index (Phi) is 5.27. The summed E-state index contributed by atoms with van der Waals surface area (Å²) in [5.74, 6) is -1.65. The number of anilines is 1. The van der Waals surface area contributed by atoms with Gasteiger partial charge in [-0.3, -0.25) is 9.69 Å². The average Bonchev–Trinajstić information content (AvgIpc) is 2.82. The predicted molar refractivity (Wildman–Crippen MR) is 92.9 cm³/mol. The van der Waals surface area contributed by atoms with Crippen LogP contribution in [0.5, 0.6) is 0 Å². The number of carboxylic acids is 1. The van der Waals surface area contributed by atoms with Crippen LogP contribution in [0.1, 0.15) is 33.3 Å². The highest BCUT2D eigenvalue weighted by molar-refractivity contribution is 6.30. The Bertz CT molecular complexity index is 713. The number of carboxylic acid groups (broad SMARTS) is 1. The topological polar surface area (TPSA) is 95.9 Å². The van der Waals surface area contributed by atoms with Crippen LogP contribution in [0, 0.1) is 0 Å². The Morgan fingerprint density at radius 3 is 2.56 bits per heavy atom. The fourth-order valence-electron chi connectivity index (χ4n) is 2.64. The maximum absolute atomic E-state index is 12.8. The summed E-state index contributed by atoms with van der Waals surface area (Å²) in [6, 6.07) is 2.86. The van der Waals surface area contributed by atoms with Gasteiger partial charge in [-0.15, -0.1) is 0 Å². The number of hydrogen-bond acceptors (Lipinski definition) is 4. The van der Waals surface area contributed by atoms with Gasteiger partial charge in [0.15, 0.2) is 0 Å². The van der Waals surface area contributed by atoms with Crippen molar-refractivity contribution in [3.63, 3.8) is 0 Å². The number of ether oxygens (including phenoxy) is 1. The molecule has 2 amide bonds. The van der Waals surface area contributed by atoms with E-state index >= 15 is 0 Å². The van der Waals surface area contributed by atoms with E-state index in [2.05, 4.69) is 5.32 Å². The van der Waals surface area contributed by atoms with Gasteiger partial charge in [0, 0.05) is 17.1 Å². The van der Waals surface area contributed by atoms with E-state index in [1.807, 2.05) is 0 Å². The molecule has 0 aliphatic carbocycles. The van der Waals surface area contributed by atoms with Crippen molar-refractivity contribution in [2.45, 2.75) is 51.8 Å². The summed E-state index contributed by atoms with van der Waals surface area (Å²) in [5, 5.41) is 12.4. The molecule has 136 valence electrons. The van der Waals surface area contributed by atoms with E-state index in [-0.39, 0.29) is 6.42 Å². The van der Waals surface area contributed by atoms with Gasteiger partial charge >= 0.3 is 12.1 Å². The summed E-state index contributed by atoms with van der Waals surface area (Å²) in [6.45, 7) is 6.61. The molecule has 2 atom stereocenters. The molecule has 1 aliphatic rings. The van der Waals surface area contributed by atoms with E-state index in [1.165, 1.54) is 11.8 Å². The van der Waals surface area contributed by atoms with Gasteiger partial charge in [0.25, 0.3) is 0 Å². The molecule has 7 nitrogen and oxygen atoms in total. The number of fused-ring (bicyclic) bond motifs is 1. The monoisotopic (exact) mass is 368 g/mol. The number of hydrogen-bond donors (Lipinski definition) is 2. The SMILES string of the molecule is C[C@H](NC(=O)OC(C)(C)C)C(=O)N1c2ccc(Cl)cc2CC1C(=O)O. The van der Waals surface area contributed by atoms with Gasteiger partial charge in [-0.2, -0.15) is 0 Å². The Balaban J connectivity index is 2.21. The lowest BCUT2D eigenvalue weighted by atomic mass is 10.1. The second-order valence-corrected chi connectivity index (χ2v) is 7.34. The van der Waals surface area contributed by atoms with Crippen molar-refractivity contribution in [3.05, 3.63) is 28.8 Å². The van der Waals surface area contributed by atoms with Crippen molar-refractivity contribution < 1.29 is 24.2 Å². The Morgan fingerprint density at radius 1 is 1.36 bits per heavy atom. The first-order valence-corrected chi connectivity index (χ1v) is 8.21. The number of amides is 2. The molecule has 2 N–H and O–H groups in total. The standard InChI is InChI=1S/C17H21ClN2O5/c1-9(19-16(24)25-17(2,3)4)14(21)20-12-6-5-11(18)7-10(12)8-13(20)15(22)23/h5-7,9,13H,8H2,1-4H3,(H,19,24)(H,22,23)/t9-,13?/m0/s1. The third-order valence-electron chi connectivity index (χ3n) is 3.65. The summed E-state index contributed by atoms with van der Waals surface area (Å²) in [4.78, 5) is 37.4. The molecule has 0 radical (unpaired) electrons. The van der Waals surface area contributed by atoms with Crippen molar-refractivity contribution in [1.82, 2.24) is 5.32 Å². The van der Waals surface area contributed by atoms with Crippen LogP contribution in [-0.4, -0.2) is 40.8 Å². The number of nitrogens with one attached hydrogen (secondary N) is 1. The lowest BCUT2D eigenvalue weighted by molar-refractivity contribution is -0.140. The van der Waals surface area contributed by atoms with E-state index in [0.717, 1.165) is 0 Å². The van der Waals surface area contributed by atoms with Gasteiger partial charge < -0.3 is 15.2 Å². The number of carbonyl (C=O) groups is 3. The first-order valence-electron chi connectivity index (χ1n) is 7.83. The van der Waals surface area contributed by atoms with Crippen LogP contribution >= 0.6 is 11.6 Å². The van der Waals surface area contributed by atoms with Crippen molar-refractivity contribution in [2.24, 2.45) is 0 Å². The van der Waals surface area contributed by atoms with E-state index in [1.54, 1.807) is 39.0 Å². The van der Waals surface area contributed by atoms with Crippen LogP contribution in [0.3, 0.4) is 0 Å². The highest BCUT2D eigenvalue weighted by atomic mass is 35.5. The maximum atomic E-state index is 12.8. The molecule has 1 heterocycles. The van der Waals surface area contributed by atoms with Crippen LogP contribution in [0.15, 0.2) is 18.2 Å². The third-order valence-corrected chi connectivity index (χ3v) is 3.89. The molecule has 1 unspecified atom stereocenters. The van der Waals surface area contributed by atoms with Crippen molar-refractivity contribution in [2.75, 3.05) is 4.90 Å². The largest absolute Gasteiger partial charge is 0.480 e. The normalized spacial score (nSPS) is 17.6. The molecule has 8 heteroatoms. The first-order chi connectivity index (χ1) is 11.5. The fourth-order valence-corrected chi connectivity index (χ4v) is 2.84. The van der Waals surface area contributed by atoms with Crippen LogP contribution in [0.2, 0.25) is 5.02 Å². The third kappa shape index (κ3) is 4.42. The Morgan fingerprint density at radius 2 is 2.00 bits per heavy atom. The lowest BCUT2D eigenvalue weighted by Crippen LogP contribution is -2.52. The average molecular weight is 369 g/mol. The van der Waals surface area contributed by atoms with E-state index in [0.29, 0.717) is 16.3 Å². The summed E-state index contributed by atoms with van der Waals surface area (Å²) in [6.07, 6.45) is -0.577. The molecule has 0 saturated heterocycles. The molecule has 2 rings (SSSR count). The molecule has 0 fully saturated rings. The van der Waals surface area contributed by atoms with Crippen LogP contribution < -0.4 is 10.2 Å². The minimum Gasteiger partial charge on any atom is -0.480 e. The van der Waals surface area contributed by atoms with Gasteiger partial charge in [0.05, 0.1) is 0 Å². The Hall–Kier alpha value is -2.28. The van der Waals surface area contributed by atoms with E-state index in [9.17, 15) is 19.5 Å². The number of alkyl carbamates (subject to hydrolysis) is 1. The summed E-state index contributed by atoms with van der Waals surface area (Å²) in [5.41, 5.74) is 0.463. The molecule has 1 aliphatic heterocycles. The molecule has 0 aromatic heterocycles. The van der Waals surface area contributed by atoms with Crippen molar-refractivity contribution in [3.8, 4) is 0 Å². The molecular weight excluding hydrogens is 348 g/mol. The molecule has 25 heavy (non-hydrogen) atoms.